The Bertz CT molecular complexity index is 2100. The number of aromatic nitrogens is 3. The number of fused-ring (bicyclic) bond motifs is 3. The number of hydrogen-bond acceptors (Lipinski definition) is 9. The number of anilines is 3. The third kappa shape index (κ3) is 5.76. The topological polar surface area (TPSA) is 114 Å². The lowest BCUT2D eigenvalue weighted by atomic mass is 9.73. The molecule has 5 aromatic rings. The van der Waals surface area contributed by atoms with Crippen molar-refractivity contribution in [2.45, 2.75) is 33.1 Å². The Morgan fingerprint density at radius 2 is 1.73 bits per heavy atom. The highest BCUT2D eigenvalue weighted by Gasteiger charge is 2.45. The first-order valence-electron chi connectivity index (χ1n) is 16.1. The number of ether oxygens (including phenoxy) is 1. The van der Waals surface area contributed by atoms with Gasteiger partial charge < -0.3 is 24.3 Å². The van der Waals surface area contributed by atoms with E-state index in [0.29, 0.717) is 56.2 Å². The fraction of sp³-hybridized carbons (Fsp3) is 0.306. The predicted octanol–water partition coefficient (Wildman–Crippen LogP) is 6.83. The minimum Gasteiger partial charge on any atom is -0.420 e. The van der Waals surface area contributed by atoms with E-state index in [9.17, 15) is 18.4 Å². The molecule has 1 N–H and O–H groups in total. The first-order chi connectivity index (χ1) is 23.7. The molecule has 8 rings (SSSR count). The molecule has 2 aromatic carbocycles. The number of amides is 2. The van der Waals surface area contributed by atoms with Gasteiger partial charge in [0, 0.05) is 79.1 Å². The molecule has 13 heteroatoms. The maximum absolute atomic E-state index is 14.7. The Labute approximate surface area is 284 Å². The van der Waals surface area contributed by atoms with E-state index < -0.39 is 11.6 Å². The lowest BCUT2D eigenvalue weighted by Gasteiger charge is -2.53. The number of carbonyl (C=O) groups is 2. The summed E-state index contributed by atoms with van der Waals surface area (Å²) in [6.07, 6.45) is 4.23. The van der Waals surface area contributed by atoms with E-state index in [1.54, 1.807) is 37.4 Å². The molecule has 2 amide bonds. The Morgan fingerprint density at radius 3 is 2.47 bits per heavy atom. The van der Waals surface area contributed by atoms with Gasteiger partial charge in [0.2, 0.25) is 5.89 Å². The number of nitrogens with zero attached hydrogens (tertiary/aromatic N) is 5. The maximum Gasteiger partial charge on any atom is 0.259 e. The van der Waals surface area contributed by atoms with Gasteiger partial charge in [-0.3, -0.25) is 9.59 Å². The molecule has 2 fully saturated rings. The van der Waals surface area contributed by atoms with Crippen LogP contribution in [-0.2, 0) is 11.2 Å². The normalized spacial score (nSPS) is 16.5. The van der Waals surface area contributed by atoms with Crippen molar-refractivity contribution in [2.75, 3.05) is 48.0 Å². The molecule has 0 unspecified atom stereocenters. The largest absolute Gasteiger partial charge is 0.420 e. The highest BCUT2D eigenvalue weighted by Crippen LogP contribution is 2.45. The lowest BCUT2D eigenvalue weighted by Crippen LogP contribution is -2.59. The van der Waals surface area contributed by atoms with Gasteiger partial charge in [-0.25, -0.2) is 13.8 Å². The first-order valence-corrected chi connectivity index (χ1v) is 16.9. The van der Waals surface area contributed by atoms with Gasteiger partial charge in [0.25, 0.3) is 17.7 Å². The Balaban J connectivity index is 1.02. The van der Waals surface area contributed by atoms with Gasteiger partial charge in [0.15, 0.2) is 11.6 Å². The fourth-order valence-electron chi connectivity index (χ4n) is 6.91. The number of benzene rings is 2. The molecule has 3 aliphatic heterocycles. The van der Waals surface area contributed by atoms with Crippen LogP contribution in [0.15, 0.2) is 59.1 Å². The second-order valence-corrected chi connectivity index (χ2v) is 14.0. The minimum atomic E-state index is -1.05. The number of carbonyl (C=O) groups excluding carboxylic acids is 2. The van der Waals surface area contributed by atoms with Crippen LogP contribution in [-0.4, -0.2) is 59.8 Å². The van der Waals surface area contributed by atoms with Crippen molar-refractivity contribution in [3.63, 3.8) is 0 Å². The zero-order chi connectivity index (χ0) is 33.9. The summed E-state index contributed by atoms with van der Waals surface area (Å²) in [4.78, 5) is 37.1. The Morgan fingerprint density at radius 1 is 0.980 bits per heavy atom. The molecule has 49 heavy (non-hydrogen) atoms. The van der Waals surface area contributed by atoms with Crippen LogP contribution in [0.5, 0.6) is 0 Å². The van der Waals surface area contributed by atoms with Gasteiger partial charge in [-0.2, -0.15) is 0 Å². The van der Waals surface area contributed by atoms with Gasteiger partial charge in [-0.05, 0) is 79.8 Å². The van der Waals surface area contributed by atoms with Gasteiger partial charge in [-0.1, -0.05) is 0 Å². The van der Waals surface area contributed by atoms with Crippen LogP contribution in [0, 0.1) is 30.9 Å². The van der Waals surface area contributed by atoms with E-state index >= 15 is 0 Å². The SMILES string of the molecule is Cc1cnc(N2CC3(CCOCC3)C2)c(C(=O)Nc2ccc(C(=O)N3CCc4cc(-c5nnc(C)o5)sc4-c4cc(F)c(F)cc43)cc2)c1. The molecule has 10 nitrogen and oxygen atoms in total. The standard InChI is InChI=1S/C36H32F2N6O4S/c1-20-13-26(32(39-17-20)43-18-36(19-43)8-11-47-12-9-36)33(45)40-24-5-3-22(4-6-24)35(46)44-10-7-23-14-30(34-42-41-21(2)48-34)49-31(23)25-15-27(37)28(38)16-29(25)44/h3-6,13-17H,7-12,18-19H2,1-2H3,(H,40,45). The predicted molar refractivity (Wildman–Crippen MR) is 181 cm³/mol. The number of nitrogens with one attached hydrogen (secondary N) is 1. The molecule has 0 bridgehead atoms. The number of halogens is 2. The first kappa shape index (κ1) is 31.3. The van der Waals surface area contributed by atoms with E-state index in [1.165, 1.54) is 16.2 Å². The molecule has 3 aliphatic rings. The van der Waals surface area contributed by atoms with E-state index in [2.05, 4.69) is 25.4 Å². The summed E-state index contributed by atoms with van der Waals surface area (Å²) >= 11 is 1.33. The third-order valence-corrected chi connectivity index (χ3v) is 10.7. The van der Waals surface area contributed by atoms with Gasteiger partial charge >= 0.3 is 0 Å². The molecular weight excluding hydrogens is 650 g/mol. The summed E-state index contributed by atoms with van der Waals surface area (Å²) < 4.78 is 40.4. The van der Waals surface area contributed by atoms with Crippen LogP contribution in [0.4, 0.5) is 26.0 Å². The van der Waals surface area contributed by atoms with E-state index in [4.69, 9.17) is 9.15 Å². The van der Waals surface area contributed by atoms with Crippen LogP contribution in [0.25, 0.3) is 21.2 Å². The van der Waals surface area contributed by atoms with Crippen molar-refractivity contribution in [3.05, 3.63) is 94.5 Å². The molecule has 250 valence electrons. The van der Waals surface area contributed by atoms with Crippen LogP contribution in [0.1, 0.15) is 50.6 Å². The summed E-state index contributed by atoms with van der Waals surface area (Å²) in [7, 11) is 0. The average Bonchev–Trinajstić information content (AvgIpc) is 3.69. The van der Waals surface area contributed by atoms with Gasteiger partial charge in [0.1, 0.15) is 5.82 Å². The van der Waals surface area contributed by atoms with E-state index in [0.717, 1.165) is 62.4 Å². The summed E-state index contributed by atoms with van der Waals surface area (Å²) in [6.45, 7) is 7.03. The molecule has 3 aromatic heterocycles. The second-order valence-electron chi connectivity index (χ2n) is 13.0. The number of aryl methyl sites for hydroxylation is 2. The summed E-state index contributed by atoms with van der Waals surface area (Å²) in [5.74, 6) is -1.31. The van der Waals surface area contributed by atoms with Crippen molar-refractivity contribution in [1.82, 2.24) is 15.2 Å². The quantitative estimate of drug-likeness (QED) is 0.215. The highest BCUT2D eigenvalue weighted by atomic mass is 32.1. The summed E-state index contributed by atoms with van der Waals surface area (Å²) in [5.41, 5.74) is 3.96. The monoisotopic (exact) mass is 682 g/mol. The third-order valence-electron chi connectivity index (χ3n) is 9.51. The zero-order valence-electron chi connectivity index (χ0n) is 26.9. The molecule has 6 heterocycles. The van der Waals surface area contributed by atoms with Gasteiger partial charge in [-0.15, -0.1) is 21.5 Å². The molecule has 0 atom stereocenters. The van der Waals surface area contributed by atoms with Crippen LogP contribution >= 0.6 is 11.3 Å². The lowest BCUT2D eigenvalue weighted by molar-refractivity contribution is -0.000510. The fourth-order valence-corrected chi connectivity index (χ4v) is 8.07. The number of pyridine rings is 1. The van der Waals surface area contributed by atoms with Gasteiger partial charge in [0.05, 0.1) is 16.1 Å². The van der Waals surface area contributed by atoms with E-state index in [1.807, 2.05) is 19.1 Å². The highest BCUT2D eigenvalue weighted by molar-refractivity contribution is 7.19. The molecule has 0 radical (unpaired) electrons. The summed E-state index contributed by atoms with van der Waals surface area (Å²) in [6, 6.07) is 12.5. The minimum absolute atomic E-state index is 0.220. The van der Waals surface area contributed by atoms with Crippen LogP contribution < -0.4 is 15.1 Å². The van der Waals surface area contributed by atoms with E-state index in [-0.39, 0.29) is 29.5 Å². The number of hydrogen-bond donors (Lipinski definition) is 1. The van der Waals surface area contributed by atoms with Crippen molar-refractivity contribution in [3.8, 4) is 21.2 Å². The molecular formula is C36H32F2N6O4S. The summed E-state index contributed by atoms with van der Waals surface area (Å²) in [5, 5.41) is 10.9. The molecule has 2 saturated heterocycles. The van der Waals surface area contributed by atoms with Crippen molar-refractivity contribution in [2.24, 2.45) is 5.41 Å². The van der Waals surface area contributed by atoms with Crippen molar-refractivity contribution >= 4 is 40.3 Å². The second kappa shape index (κ2) is 12.1. The zero-order valence-corrected chi connectivity index (χ0v) is 27.7. The Kier molecular flexibility index (Phi) is 7.75. The number of thiophene rings is 1. The Hall–Kier alpha value is -5.01. The molecule has 0 aliphatic carbocycles. The van der Waals surface area contributed by atoms with Crippen LogP contribution in [0.3, 0.4) is 0 Å². The molecule has 1 spiro atoms. The van der Waals surface area contributed by atoms with Crippen molar-refractivity contribution < 1.29 is 27.5 Å². The smallest absolute Gasteiger partial charge is 0.259 e. The molecule has 0 saturated carbocycles. The van der Waals surface area contributed by atoms with Crippen LogP contribution in [0.2, 0.25) is 0 Å². The van der Waals surface area contributed by atoms with Crippen molar-refractivity contribution in [1.29, 1.82) is 0 Å². The maximum atomic E-state index is 14.7. The average molecular weight is 683 g/mol. The number of rotatable bonds is 5.